The third-order valence-corrected chi connectivity index (χ3v) is 2.28. The van der Waals surface area contributed by atoms with Crippen molar-refractivity contribution in [3.8, 4) is 0 Å². The summed E-state index contributed by atoms with van der Waals surface area (Å²) < 4.78 is 0. The van der Waals surface area contributed by atoms with E-state index in [0.29, 0.717) is 0 Å². The lowest BCUT2D eigenvalue weighted by atomic mass is 9.98. The standard InChI is InChI=1S/C10H10S/c11-10-6-5-8-3-1-2-4-9(8)7-10/h1,3,5-7,11H,2,4H2. The van der Waals surface area contributed by atoms with Crippen LogP contribution in [0.4, 0.5) is 0 Å². The Bertz CT molecular complexity index is 300. The summed E-state index contributed by atoms with van der Waals surface area (Å²) in [5.41, 5.74) is 2.79. The van der Waals surface area contributed by atoms with E-state index in [1.807, 2.05) is 6.07 Å². The molecule has 0 heterocycles. The van der Waals surface area contributed by atoms with Gasteiger partial charge in [-0.25, -0.2) is 0 Å². The highest BCUT2D eigenvalue weighted by molar-refractivity contribution is 7.80. The predicted molar refractivity (Wildman–Crippen MR) is 51.0 cm³/mol. The molecule has 11 heavy (non-hydrogen) atoms. The van der Waals surface area contributed by atoms with E-state index in [0.717, 1.165) is 4.90 Å². The first-order chi connectivity index (χ1) is 5.36. The van der Waals surface area contributed by atoms with Crippen molar-refractivity contribution in [2.45, 2.75) is 17.7 Å². The molecule has 56 valence electrons. The van der Waals surface area contributed by atoms with Crippen LogP contribution in [0.25, 0.3) is 6.08 Å². The van der Waals surface area contributed by atoms with Crippen molar-refractivity contribution in [1.82, 2.24) is 0 Å². The summed E-state index contributed by atoms with van der Waals surface area (Å²) in [5, 5.41) is 0. The van der Waals surface area contributed by atoms with Gasteiger partial charge in [0.05, 0.1) is 0 Å². The van der Waals surface area contributed by atoms with Gasteiger partial charge in [-0.1, -0.05) is 18.2 Å². The maximum atomic E-state index is 4.29. The number of hydrogen-bond acceptors (Lipinski definition) is 1. The molecule has 1 aromatic carbocycles. The summed E-state index contributed by atoms with van der Waals surface area (Å²) in [6, 6.07) is 6.33. The monoisotopic (exact) mass is 162 g/mol. The minimum atomic E-state index is 1.07. The third-order valence-electron chi connectivity index (χ3n) is 2.00. The van der Waals surface area contributed by atoms with E-state index in [9.17, 15) is 0 Å². The molecule has 0 atom stereocenters. The molecule has 0 radical (unpaired) electrons. The van der Waals surface area contributed by atoms with Crippen LogP contribution in [0.5, 0.6) is 0 Å². The van der Waals surface area contributed by atoms with Crippen molar-refractivity contribution >= 4 is 18.7 Å². The van der Waals surface area contributed by atoms with Crippen LogP contribution < -0.4 is 0 Å². The van der Waals surface area contributed by atoms with Gasteiger partial charge in [-0.05, 0) is 36.1 Å². The van der Waals surface area contributed by atoms with Crippen LogP contribution in [-0.2, 0) is 6.42 Å². The molecule has 0 amide bonds. The molecule has 0 saturated heterocycles. The van der Waals surface area contributed by atoms with Crippen LogP contribution in [-0.4, -0.2) is 0 Å². The summed E-state index contributed by atoms with van der Waals surface area (Å²) in [6.07, 6.45) is 6.75. The molecule has 0 unspecified atom stereocenters. The van der Waals surface area contributed by atoms with Gasteiger partial charge in [0.2, 0.25) is 0 Å². The SMILES string of the molecule is Sc1ccc2c(c1)CCC=C2. The molecule has 1 aliphatic carbocycles. The van der Waals surface area contributed by atoms with E-state index < -0.39 is 0 Å². The molecule has 0 N–H and O–H groups in total. The molecule has 0 aliphatic heterocycles. The summed E-state index contributed by atoms with van der Waals surface area (Å²) in [5.74, 6) is 0. The van der Waals surface area contributed by atoms with Crippen LogP contribution >= 0.6 is 12.6 Å². The van der Waals surface area contributed by atoms with Gasteiger partial charge in [-0.2, -0.15) is 0 Å². The number of fused-ring (bicyclic) bond motifs is 1. The number of aryl methyl sites for hydroxylation is 1. The van der Waals surface area contributed by atoms with E-state index in [-0.39, 0.29) is 0 Å². The van der Waals surface area contributed by atoms with E-state index in [2.05, 4.69) is 36.9 Å². The third kappa shape index (κ3) is 1.33. The maximum absolute atomic E-state index is 4.29. The summed E-state index contributed by atoms with van der Waals surface area (Å²) in [6.45, 7) is 0. The second kappa shape index (κ2) is 2.74. The molecule has 0 fully saturated rings. The highest BCUT2D eigenvalue weighted by Crippen LogP contribution is 2.21. The molecule has 2 rings (SSSR count). The fourth-order valence-corrected chi connectivity index (χ4v) is 1.65. The second-order valence-corrected chi connectivity index (χ2v) is 3.34. The molecule has 1 aliphatic rings. The number of hydrogen-bond donors (Lipinski definition) is 1. The lowest BCUT2D eigenvalue weighted by Gasteiger charge is -2.09. The van der Waals surface area contributed by atoms with Crippen molar-refractivity contribution in [1.29, 1.82) is 0 Å². The quantitative estimate of drug-likeness (QED) is 0.557. The highest BCUT2D eigenvalue weighted by atomic mass is 32.1. The normalized spacial score (nSPS) is 14.6. The van der Waals surface area contributed by atoms with Crippen LogP contribution in [0, 0.1) is 0 Å². The first-order valence-corrected chi connectivity index (χ1v) is 4.29. The minimum Gasteiger partial charge on any atom is -0.143 e. The topological polar surface area (TPSA) is 0 Å². The Morgan fingerprint density at radius 3 is 3.09 bits per heavy atom. The fraction of sp³-hybridized carbons (Fsp3) is 0.200. The van der Waals surface area contributed by atoms with Gasteiger partial charge >= 0.3 is 0 Å². The fourth-order valence-electron chi connectivity index (χ4n) is 1.42. The van der Waals surface area contributed by atoms with Crippen LogP contribution in [0.1, 0.15) is 17.5 Å². The maximum Gasteiger partial charge on any atom is 0.00431 e. The van der Waals surface area contributed by atoms with Gasteiger partial charge in [0.15, 0.2) is 0 Å². The summed E-state index contributed by atoms with van der Waals surface area (Å²) in [4.78, 5) is 1.07. The van der Waals surface area contributed by atoms with Gasteiger partial charge in [-0.3, -0.25) is 0 Å². The molecule has 1 heteroatoms. The molecule has 0 nitrogen and oxygen atoms in total. The Morgan fingerprint density at radius 2 is 2.18 bits per heavy atom. The van der Waals surface area contributed by atoms with Gasteiger partial charge in [0, 0.05) is 4.90 Å². The number of rotatable bonds is 0. The number of thiol groups is 1. The van der Waals surface area contributed by atoms with Crippen molar-refractivity contribution in [2.24, 2.45) is 0 Å². The molecule has 1 aromatic rings. The number of benzene rings is 1. The zero-order chi connectivity index (χ0) is 7.68. The first kappa shape index (κ1) is 6.99. The zero-order valence-electron chi connectivity index (χ0n) is 6.25. The molecular formula is C10H10S. The van der Waals surface area contributed by atoms with Crippen molar-refractivity contribution in [3.05, 3.63) is 35.4 Å². The van der Waals surface area contributed by atoms with Crippen LogP contribution in [0.15, 0.2) is 29.2 Å². The summed E-state index contributed by atoms with van der Waals surface area (Å²) >= 11 is 4.29. The lowest BCUT2D eigenvalue weighted by molar-refractivity contribution is 0.978. The van der Waals surface area contributed by atoms with Crippen molar-refractivity contribution < 1.29 is 0 Å². The van der Waals surface area contributed by atoms with E-state index >= 15 is 0 Å². The Hall–Kier alpha value is -0.690. The molecule has 0 aromatic heterocycles. The van der Waals surface area contributed by atoms with E-state index in [1.54, 1.807) is 0 Å². The van der Waals surface area contributed by atoms with Crippen molar-refractivity contribution in [2.75, 3.05) is 0 Å². The average Bonchev–Trinajstić information content (AvgIpc) is 2.04. The number of allylic oxidation sites excluding steroid dienone is 1. The van der Waals surface area contributed by atoms with Crippen molar-refractivity contribution in [3.63, 3.8) is 0 Å². The van der Waals surface area contributed by atoms with E-state index in [1.165, 1.54) is 24.0 Å². The predicted octanol–water partition coefficient (Wildman–Crippen LogP) is 2.93. The summed E-state index contributed by atoms with van der Waals surface area (Å²) in [7, 11) is 0. The molecule has 0 saturated carbocycles. The largest absolute Gasteiger partial charge is 0.143 e. The average molecular weight is 162 g/mol. The zero-order valence-corrected chi connectivity index (χ0v) is 7.14. The minimum absolute atomic E-state index is 1.07. The van der Waals surface area contributed by atoms with E-state index in [4.69, 9.17) is 0 Å². The lowest BCUT2D eigenvalue weighted by Crippen LogP contribution is -1.92. The van der Waals surface area contributed by atoms with Crippen LogP contribution in [0.3, 0.4) is 0 Å². The molecule has 0 bridgehead atoms. The first-order valence-electron chi connectivity index (χ1n) is 3.85. The Kier molecular flexibility index (Phi) is 1.74. The molecule has 0 spiro atoms. The van der Waals surface area contributed by atoms with Gasteiger partial charge in [0.25, 0.3) is 0 Å². The highest BCUT2D eigenvalue weighted by Gasteiger charge is 2.02. The molecular weight excluding hydrogens is 152 g/mol. The Morgan fingerprint density at radius 1 is 1.27 bits per heavy atom. The van der Waals surface area contributed by atoms with Gasteiger partial charge < -0.3 is 0 Å². The Balaban J connectivity index is 2.53. The smallest absolute Gasteiger partial charge is 0.00431 e. The van der Waals surface area contributed by atoms with Gasteiger partial charge in [-0.15, -0.1) is 12.6 Å². The Labute approximate surface area is 72.4 Å². The second-order valence-electron chi connectivity index (χ2n) is 2.82. The van der Waals surface area contributed by atoms with Crippen LogP contribution in [0.2, 0.25) is 0 Å². The van der Waals surface area contributed by atoms with Gasteiger partial charge in [0.1, 0.15) is 0 Å².